The average molecular weight is 558 g/mol. The molecule has 3 aromatic carbocycles. The third kappa shape index (κ3) is 6.99. The first-order valence-corrected chi connectivity index (χ1v) is 13.3. The van der Waals surface area contributed by atoms with Crippen molar-refractivity contribution >= 4 is 28.9 Å². The third-order valence-corrected chi connectivity index (χ3v) is 6.38. The number of nitrogens with one attached hydrogen (secondary N) is 1. The summed E-state index contributed by atoms with van der Waals surface area (Å²) >= 11 is 0. The highest BCUT2D eigenvalue weighted by atomic mass is 16.6. The number of amides is 2. The molecule has 0 bridgehead atoms. The molecule has 0 saturated carbocycles. The van der Waals surface area contributed by atoms with Gasteiger partial charge < -0.3 is 24.0 Å². The number of carbonyl (C=O) groups is 2. The van der Waals surface area contributed by atoms with Crippen molar-refractivity contribution in [2.45, 2.75) is 51.9 Å². The van der Waals surface area contributed by atoms with Crippen molar-refractivity contribution < 1.29 is 28.7 Å². The summed E-state index contributed by atoms with van der Waals surface area (Å²) in [6, 6.07) is 21.3. The second-order valence-corrected chi connectivity index (χ2v) is 10.7. The summed E-state index contributed by atoms with van der Waals surface area (Å²) in [5.74, 6) is 1.32. The van der Waals surface area contributed by atoms with Gasteiger partial charge in [-0.3, -0.25) is 5.32 Å². The lowest BCUT2D eigenvalue weighted by atomic mass is 10.1. The Kier molecular flexibility index (Phi) is 7.86. The van der Waals surface area contributed by atoms with Crippen LogP contribution in [0.5, 0.6) is 5.75 Å². The van der Waals surface area contributed by atoms with Crippen molar-refractivity contribution in [1.82, 2.24) is 20.4 Å². The number of aliphatic imine (C=N–C) groups is 1. The van der Waals surface area contributed by atoms with Gasteiger partial charge in [0, 0.05) is 12.1 Å². The monoisotopic (exact) mass is 557 g/mol. The Hall–Kier alpha value is -4.93. The molecule has 1 atom stereocenters. The Bertz CT molecular complexity index is 1580. The van der Waals surface area contributed by atoms with Crippen molar-refractivity contribution in [2.24, 2.45) is 4.99 Å². The van der Waals surface area contributed by atoms with Gasteiger partial charge in [0.15, 0.2) is 0 Å². The molecule has 2 heterocycles. The fraction of sp³-hybridized carbons (Fsp3) is 0.300. The molecule has 0 radical (unpaired) electrons. The summed E-state index contributed by atoms with van der Waals surface area (Å²) in [4.78, 5) is 33.9. The second-order valence-electron chi connectivity index (χ2n) is 10.7. The third-order valence-electron chi connectivity index (χ3n) is 6.38. The quantitative estimate of drug-likeness (QED) is 0.218. The van der Waals surface area contributed by atoms with E-state index in [2.05, 4.69) is 20.4 Å². The van der Waals surface area contributed by atoms with Gasteiger partial charge in [-0.15, -0.1) is 4.99 Å². The van der Waals surface area contributed by atoms with Crippen LogP contribution in [0.1, 0.15) is 51.1 Å². The lowest BCUT2D eigenvalue weighted by Gasteiger charge is -2.25. The van der Waals surface area contributed by atoms with Crippen LogP contribution in [-0.4, -0.2) is 50.4 Å². The van der Waals surface area contributed by atoms with Gasteiger partial charge in [-0.2, -0.15) is 4.98 Å². The predicted octanol–water partition coefficient (Wildman–Crippen LogP) is 6.16. The summed E-state index contributed by atoms with van der Waals surface area (Å²) < 4.78 is 16.8. The SMILES string of the molecule is CC(C)(C)OC(=O)N=C(NC(=O)O)N1CCCC1c1nc(-c2ccc3cc(OCc4ccccc4)ccc3c2)no1. The summed E-state index contributed by atoms with van der Waals surface area (Å²) in [6.45, 7) is 6.04. The van der Waals surface area contributed by atoms with E-state index >= 15 is 0 Å². The molecule has 1 saturated heterocycles. The first kappa shape index (κ1) is 27.6. The molecular formula is C30H31N5O6. The molecule has 1 fully saturated rings. The van der Waals surface area contributed by atoms with Crippen LogP contribution < -0.4 is 10.1 Å². The van der Waals surface area contributed by atoms with Crippen LogP contribution in [0, 0.1) is 0 Å². The fourth-order valence-electron chi connectivity index (χ4n) is 4.59. The van der Waals surface area contributed by atoms with Crippen molar-refractivity contribution in [1.29, 1.82) is 0 Å². The number of rotatable bonds is 5. The number of carbonyl (C=O) groups excluding carboxylic acids is 1. The molecule has 5 rings (SSSR count). The van der Waals surface area contributed by atoms with Crippen LogP contribution in [0.3, 0.4) is 0 Å². The van der Waals surface area contributed by atoms with Crippen LogP contribution in [0.2, 0.25) is 0 Å². The minimum Gasteiger partial charge on any atom is -0.489 e. The number of guanidine groups is 1. The zero-order valence-corrected chi connectivity index (χ0v) is 23.0. The predicted molar refractivity (Wildman–Crippen MR) is 152 cm³/mol. The molecule has 1 aliphatic heterocycles. The lowest BCUT2D eigenvalue weighted by Crippen LogP contribution is -2.44. The number of benzene rings is 3. The molecule has 1 unspecified atom stereocenters. The number of ether oxygens (including phenoxy) is 2. The molecule has 4 aromatic rings. The van der Waals surface area contributed by atoms with Crippen molar-refractivity contribution in [3.05, 3.63) is 78.2 Å². The summed E-state index contributed by atoms with van der Waals surface area (Å²) in [5, 5.41) is 17.7. The summed E-state index contributed by atoms with van der Waals surface area (Å²) in [7, 11) is 0. The Morgan fingerprint density at radius 1 is 1.10 bits per heavy atom. The minimum atomic E-state index is -1.35. The molecule has 2 amide bonds. The van der Waals surface area contributed by atoms with E-state index in [-0.39, 0.29) is 5.96 Å². The highest BCUT2D eigenvalue weighted by Crippen LogP contribution is 2.33. The van der Waals surface area contributed by atoms with Crippen LogP contribution >= 0.6 is 0 Å². The highest BCUT2D eigenvalue weighted by molar-refractivity contribution is 5.98. The van der Waals surface area contributed by atoms with Gasteiger partial charge >= 0.3 is 12.2 Å². The molecule has 11 nitrogen and oxygen atoms in total. The van der Waals surface area contributed by atoms with E-state index in [1.807, 2.05) is 66.7 Å². The van der Waals surface area contributed by atoms with E-state index in [9.17, 15) is 14.7 Å². The summed E-state index contributed by atoms with van der Waals surface area (Å²) in [6.07, 6.45) is -0.932. The molecule has 41 heavy (non-hydrogen) atoms. The van der Waals surface area contributed by atoms with Crippen molar-refractivity contribution in [2.75, 3.05) is 6.54 Å². The fourth-order valence-corrected chi connectivity index (χ4v) is 4.59. The van der Waals surface area contributed by atoms with Gasteiger partial charge in [0.1, 0.15) is 24.0 Å². The largest absolute Gasteiger partial charge is 0.489 e. The van der Waals surface area contributed by atoms with Gasteiger partial charge in [-0.1, -0.05) is 53.7 Å². The Balaban J connectivity index is 1.33. The minimum absolute atomic E-state index is 0.148. The molecule has 212 valence electrons. The lowest BCUT2D eigenvalue weighted by molar-refractivity contribution is 0.0600. The second kappa shape index (κ2) is 11.7. The Morgan fingerprint density at radius 3 is 2.61 bits per heavy atom. The number of fused-ring (bicyclic) bond motifs is 1. The van der Waals surface area contributed by atoms with Crippen LogP contribution in [0.15, 0.2) is 76.2 Å². The molecule has 0 spiro atoms. The zero-order valence-electron chi connectivity index (χ0n) is 23.0. The number of carboxylic acid groups (broad SMARTS) is 1. The van der Waals surface area contributed by atoms with E-state index in [1.165, 1.54) is 0 Å². The van der Waals surface area contributed by atoms with Gasteiger partial charge in [0.05, 0.1) is 0 Å². The Labute approximate surface area is 236 Å². The number of aromatic nitrogens is 2. The number of likely N-dealkylation sites (tertiary alicyclic amines) is 1. The number of hydrogen-bond donors (Lipinski definition) is 2. The highest BCUT2D eigenvalue weighted by Gasteiger charge is 2.34. The zero-order chi connectivity index (χ0) is 29.0. The molecular weight excluding hydrogens is 526 g/mol. The van der Waals surface area contributed by atoms with E-state index in [0.717, 1.165) is 27.6 Å². The molecule has 1 aliphatic rings. The van der Waals surface area contributed by atoms with Crippen LogP contribution in [0.4, 0.5) is 9.59 Å². The van der Waals surface area contributed by atoms with Gasteiger partial charge in [-0.05, 0) is 68.1 Å². The first-order chi connectivity index (χ1) is 19.6. The first-order valence-electron chi connectivity index (χ1n) is 13.3. The number of nitrogens with zero attached hydrogens (tertiary/aromatic N) is 4. The van der Waals surface area contributed by atoms with Crippen LogP contribution in [0.25, 0.3) is 22.2 Å². The standard InChI is InChI=1S/C30H31N5O6/c1-30(2,3)40-29(38)33-27(32-28(36)37)35-15-7-10-24(35)26-31-25(34-41-26)22-12-11-21-17-23(14-13-20(21)16-22)39-18-19-8-5-4-6-9-19/h4-6,8-9,11-14,16-17,24H,7,10,15,18H2,1-3H3,(H,36,37)(H,32,33,38). The van der Waals surface area contributed by atoms with Crippen molar-refractivity contribution in [3.63, 3.8) is 0 Å². The van der Waals surface area contributed by atoms with Gasteiger partial charge in [0.25, 0.3) is 0 Å². The van der Waals surface area contributed by atoms with Gasteiger partial charge in [0.2, 0.25) is 17.7 Å². The topological polar surface area (TPSA) is 139 Å². The van der Waals surface area contributed by atoms with Crippen LogP contribution in [-0.2, 0) is 11.3 Å². The maximum atomic E-state index is 12.3. The molecule has 2 N–H and O–H groups in total. The van der Waals surface area contributed by atoms with E-state index < -0.39 is 23.8 Å². The van der Waals surface area contributed by atoms with Gasteiger partial charge in [-0.25, -0.2) is 9.59 Å². The smallest absolute Gasteiger partial charge is 0.437 e. The van der Waals surface area contributed by atoms with E-state index in [0.29, 0.717) is 37.7 Å². The maximum Gasteiger partial charge on any atom is 0.437 e. The van der Waals surface area contributed by atoms with E-state index in [4.69, 9.17) is 14.0 Å². The molecule has 11 heteroatoms. The molecule has 0 aliphatic carbocycles. The number of hydrogen-bond acceptors (Lipinski definition) is 7. The molecule has 1 aromatic heterocycles. The Morgan fingerprint density at radius 2 is 1.85 bits per heavy atom. The summed E-state index contributed by atoms with van der Waals surface area (Å²) in [5.41, 5.74) is 1.08. The van der Waals surface area contributed by atoms with E-state index in [1.54, 1.807) is 25.7 Å². The maximum absolute atomic E-state index is 12.3. The van der Waals surface area contributed by atoms with Crippen molar-refractivity contribution in [3.8, 4) is 17.1 Å². The average Bonchev–Trinajstić information content (AvgIpc) is 3.60. The normalized spacial score (nSPS) is 15.6.